The van der Waals surface area contributed by atoms with Crippen molar-refractivity contribution in [1.82, 2.24) is 20.1 Å². The lowest BCUT2D eigenvalue weighted by Crippen LogP contribution is -2.33. The molecule has 4 aromatic rings. The van der Waals surface area contributed by atoms with Gasteiger partial charge in [-0.25, -0.2) is 9.97 Å². The maximum Gasteiger partial charge on any atom is 0.230 e. The van der Waals surface area contributed by atoms with Crippen LogP contribution in [-0.4, -0.2) is 58.6 Å². The average molecular weight is 447 g/mol. The Kier molecular flexibility index (Phi) is 6.03. The summed E-state index contributed by atoms with van der Waals surface area (Å²) < 4.78 is 11.1. The molecule has 1 aliphatic heterocycles. The second kappa shape index (κ2) is 9.41. The Balaban J connectivity index is 1.25. The molecule has 9 nitrogen and oxygen atoms in total. The number of aliphatic hydroxyl groups is 1. The molecule has 0 radical (unpaired) electrons. The van der Waals surface area contributed by atoms with Crippen molar-refractivity contribution in [3.05, 3.63) is 54.6 Å². The summed E-state index contributed by atoms with van der Waals surface area (Å²) in [6, 6.07) is 13.9. The van der Waals surface area contributed by atoms with Crippen LogP contribution in [0.1, 0.15) is 24.7 Å². The largest absolute Gasteiger partial charge is 0.494 e. The lowest BCUT2D eigenvalue weighted by molar-refractivity contribution is 0.311. The summed E-state index contributed by atoms with van der Waals surface area (Å²) in [5, 5.41) is 17.1. The molecule has 0 aliphatic carbocycles. The van der Waals surface area contributed by atoms with Gasteiger partial charge in [0, 0.05) is 42.7 Å². The summed E-state index contributed by atoms with van der Waals surface area (Å²) in [5.41, 5.74) is 1.68. The zero-order valence-electron chi connectivity index (χ0n) is 18.4. The number of rotatable bonds is 7. The van der Waals surface area contributed by atoms with Crippen LogP contribution in [0.25, 0.3) is 22.3 Å². The third-order valence-electron chi connectivity index (χ3n) is 5.94. The smallest absolute Gasteiger partial charge is 0.230 e. The monoisotopic (exact) mass is 446 g/mol. The number of fused-ring (bicyclic) bond motifs is 1. The van der Waals surface area contributed by atoms with Crippen molar-refractivity contribution < 1.29 is 14.4 Å². The zero-order valence-corrected chi connectivity index (χ0v) is 18.4. The first kappa shape index (κ1) is 21.1. The first-order valence-corrected chi connectivity index (χ1v) is 11.1. The molecule has 33 heavy (non-hydrogen) atoms. The summed E-state index contributed by atoms with van der Waals surface area (Å²) >= 11 is 0. The summed E-state index contributed by atoms with van der Waals surface area (Å²) in [6.07, 6.45) is 3.53. The van der Waals surface area contributed by atoms with Crippen LogP contribution in [0.2, 0.25) is 0 Å². The van der Waals surface area contributed by atoms with Crippen LogP contribution in [-0.2, 0) is 0 Å². The second-order valence-electron chi connectivity index (χ2n) is 8.00. The van der Waals surface area contributed by atoms with Crippen LogP contribution < -0.4 is 15.0 Å². The number of methoxy groups -OCH3 is 1. The Bertz CT molecular complexity index is 1220. The Morgan fingerprint density at radius 2 is 2.00 bits per heavy atom. The molecule has 0 spiro atoms. The topological polar surface area (TPSA) is 109 Å². The van der Waals surface area contributed by atoms with Gasteiger partial charge >= 0.3 is 0 Å². The van der Waals surface area contributed by atoms with E-state index in [0.717, 1.165) is 54.0 Å². The van der Waals surface area contributed by atoms with E-state index in [1.54, 1.807) is 13.3 Å². The molecule has 0 atom stereocenters. The highest BCUT2D eigenvalue weighted by atomic mass is 16.5. The molecule has 0 amide bonds. The number of hydrogen-bond acceptors (Lipinski definition) is 9. The molecule has 0 bridgehead atoms. The van der Waals surface area contributed by atoms with Crippen molar-refractivity contribution in [2.75, 3.05) is 43.6 Å². The van der Waals surface area contributed by atoms with E-state index in [2.05, 4.69) is 37.5 Å². The molecule has 1 aromatic carbocycles. The van der Waals surface area contributed by atoms with Crippen molar-refractivity contribution in [3.8, 4) is 17.1 Å². The Morgan fingerprint density at radius 1 is 1.12 bits per heavy atom. The quantitative estimate of drug-likeness (QED) is 0.441. The summed E-state index contributed by atoms with van der Waals surface area (Å²) in [6.45, 7) is 2.24. The lowest BCUT2D eigenvalue weighted by atomic mass is 9.96. The SMILES string of the molecule is COc1cccc2ccc(N3CCC(c4nc(-c5ccc(NCCO)nc5)no4)CC3)nc12. The predicted molar refractivity (Wildman–Crippen MR) is 126 cm³/mol. The molecule has 1 aliphatic rings. The molecule has 170 valence electrons. The van der Waals surface area contributed by atoms with Gasteiger partial charge in [0.25, 0.3) is 0 Å². The van der Waals surface area contributed by atoms with Gasteiger partial charge in [0.1, 0.15) is 22.9 Å². The van der Waals surface area contributed by atoms with E-state index in [9.17, 15) is 0 Å². The summed E-state index contributed by atoms with van der Waals surface area (Å²) in [5.74, 6) is 3.86. The fourth-order valence-electron chi connectivity index (χ4n) is 4.14. The maximum atomic E-state index is 8.90. The van der Waals surface area contributed by atoms with Crippen LogP contribution in [0.15, 0.2) is 53.2 Å². The number of nitrogens with one attached hydrogen (secondary N) is 1. The highest BCUT2D eigenvalue weighted by Crippen LogP contribution is 2.32. The molecule has 0 unspecified atom stereocenters. The van der Waals surface area contributed by atoms with Crippen LogP contribution in [0, 0.1) is 0 Å². The van der Waals surface area contributed by atoms with E-state index < -0.39 is 0 Å². The van der Waals surface area contributed by atoms with Gasteiger partial charge in [0.15, 0.2) is 0 Å². The number of pyridine rings is 2. The fraction of sp³-hybridized carbons (Fsp3) is 0.333. The number of piperidine rings is 1. The van der Waals surface area contributed by atoms with E-state index in [1.807, 2.05) is 30.3 Å². The normalized spacial score (nSPS) is 14.5. The molecule has 1 fully saturated rings. The third-order valence-corrected chi connectivity index (χ3v) is 5.94. The van der Waals surface area contributed by atoms with Crippen molar-refractivity contribution >= 4 is 22.5 Å². The lowest BCUT2D eigenvalue weighted by Gasteiger charge is -2.31. The van der Waals surface area contributed by atoms with Gasteiger partial charge in [-0.2, -0.15) is 4.98 Å². The predicted octanol–water partition coefficient (Wildman–Crippen LogP) is 3.48. The molecule has 3 aromatic heterocycles. The number of para-hydroxylation sites is 1. The van der Waals surface area contributed by atoms with Gasteiger partial charge in [-0.05, 0) is 43.2 Å². The number of ether oxygens (including phenoxy) is 1. The van der Waals surface area contributed by atoms with Gasteiger partial charge in [-0.3, -0.25) is 0 Å². The minimum atomic E-state index is 0.0571. The number of aliphatic hydroxyl groups excluding tert-OH is 1. The minimum Gasteiger partial charge on any atom is -0.494 e. The molecular weight excluding hydrogens is 420 g/mol. The Hall–Kier alpha value is -3.72. The highest BCUT2D eigenvalue weighted by Gasteiger charge is 2.26. The first-order valence-electron chi connectivity index (χ1n) is 11.1. The third kappa shape index (κ3) is 4.45. The zero-order chi connectivity index (χ0) is 22.6. The molecule has 9 heteroatoms. The highest BCUT2D eigenvalue weighted by molar-refractivity contribution is 5.86. The molecule has 2 N–H and O–H groups in total. The van der Waals surface area contributed by atoms with Crippen LogP contribution in [0.4, 0.5) is 11.6 Å². The minimum absolute atomic E-state index is 0.0571. The van der Waals surface area contributed by atoms with Gasteiger partial charge in [-0.1, -0.05) is 17.3 Å². The van der Waals surface area contributed by atoms with Crippen molar-refractivity contribution in [1.29, 1.82) is 0 Å². The van der Waals surface area contributed by atoms with Crippen molar-refractivity contribution in [2.45, 2.75) is 18.8 Å². The fourth-order valence-corrected chi connectivity index (χ4v) is 4.14. The van der Waals surface area contributed by atoms with Gasteiger partial charge in [0.05, 0.1) is 13.7 Å². The summed E-state index contributed by atoms with van der Waals surface area (Å²) in [7, 11) is 1.67. The molecule has 0 saturated carbocycles. The van der Waals surface area contributed by atoms with Crippen LogP contribution in [0.3, 0.4) is 0 Å². The second-order valence-corrected chi connectivity index (χ2v) is 8.00. The average Bonchev–Trinajstić information content (AvgIpc) is 3.37. The van der Waals surface area contributed by atoms with Crippen LogP contribution >= 0.6 is 0 Å². The van der Waals surface area contributed by atoms with E-state index in [0.29, 0.717) is 24.1 Å². The van der Waals surface area contributed by atoms with E-state index in [4.69, 9.17) is 19.4 Å². The Labute approximate surface area is 191 Å². The Morgan fingerprint density at radius 3 is 2.76 bits per heavy atom. The standard InChI is InChI=1S/C24H26N6O3/c1-32-19-4-2-3-16-6-8-21(27-22(16)19)30-12-9-17(10-13-30)24-28-23(29-33-24)18-5-7-20(26-15-18)25-11-14-31/h2-8,15,17,31H,9-14H2,1H3,(H,25,26). The van der Waals surface area contributed by atoms with E-state index >= 15 is 0 Å². The van der Waals surface area contributed by atoms with Crippen LogP contribution in [0.5, 0.6) is 5.75 Å². The first-order chi connectivity index (χ1) is 16.2. The molecular formula is C24H26N6O3. The number of benzene rings is 1. The number of anilines is 2. The van der Waals surface area contributed by atoms with Gasteiger partial charge < -0.3 is 24.6 Å². The maximum absolute atomic E-state index is 8.90. The number of nitrogens with zero attached hydrogens (tertiary/aromatic N) is 5. The molecule has 1 saturated heterocycles. The van der Waals surface area contributed by atoms with E-state index in [-0.39, 0.29) is 12.5 Å². The molecule has 4 heterocycles. The van der Waals surface area contributed by atoms with Crippen molar-refractivity contribution in [2.24, 2.45) is 0 Å². The number of aromatic nitrogens is 4. The van der Waals surface area contributed by atoms with Gasteiger partial charge in [0.2, 0.25) is 11.7 Å². The van der Waals surface area contributed by atoms with E-state index in [1.165, 1.54) is 0 Å². The summed E-state index contributed by atoms with van der Waals surface area (Å²) in [4.78, 5) is 16.1. The van der Waals surface area contributed by atoms with Crippen molar-refractivity contribution in [3.63, 3.8) is 0 Å². The molecule has 5 rings (SSSR count). The number of hydrogen-bond donors (Lipinski definition) is 2. The van der Waals surface area contributed by atoms with Gasteiger partial charge in [-0.15, -0.1) is 0 Å².